The number of aliphatic hydroxyl groups is 1. The van der Waals surface area contributed by atoms with Gasteiger partial charge in [-0.05, 0) is 49.1 Å². The van der Waals surface area contributed by atoms with Crippen LogP contribution in [0.3, 0.4) is 0 Å². The van der Waals surface area contributed by atoms with Crippen LogP contribution in [0, 0.1) is 0 Å². The Hall–Kier alpha value is -2.61. The number of ether oxygens (including phenoxy) is 1. The van der Waals surface area contributed by atoms with Crippen molar-refractivity contribution >= 4 is 11.6 Å². The van der Waals surface area contributed by atoms with Gasteiger partial charge in [0.1, 0.15) is 5.75 Å². The topological polar surface area (TPSA) is 59.5 Å². The van der Waals surface area contributed by atoms with Crippen molar-refractivity contribution in [2.75, 3.05) is 70.4 Å². The number of carbonyl (C=O) groups excluding carboxylic acids is 1. The van der Waals surface area contributed by atoms with Gasteiger partial charge >= 0.3 is 0 Å². The summed E-state index contributed by atoms with van der Waals surface area (Å²) >= 11 is 0. The van der Waals surface area contributed by atoms with Gasteiger partial charge in [-0.25, -0.2) is 0 Å². The predicted octanol–water partition coefficient (Wildman–Crippen LogP) is 2.45. The summed E-state index contributed by atoms with van der Waals surface area (Å²) in [6.07, 6.45) is 3.00. The third-order valence-electron chi connectivity index (χ3n) is 7.57. The van der Waals surface area contributed by atoms with E-state index in [1.54, 1.807) is 0 Å². The van der Waals surface area contributed by atoms with Crippen molar-refractivity contribution in [1.82, 2.24) is 14.7 Å². The molecule has 7 nitrogen and oxygen atoms in total. The fourth-order valence-corrected chi connectivity index (χ4v) is 5.58. The van der Waals surface area contributed by atoms with E-state index in [9.17, 15) is 9.90 Å². The maximum atomic E-state index is 12.2. The van der Waals surface area contributed by atoms with Crippen molar-refractivity contribution in [3.8, 4) is 5.75 Å². The molecule has 3 aliphatic heterocycles. The molecule has 1 N–H and O–H groups in total. The lowest BCUT2D eigenvalue weighted by atomic mass is 10.0. The van der Waals surface area contributed by atoms with Gasteiger partial charge in [0.05, 0.1) is 5.60 Å². The molecule has 5 rings (SSSR count). The van der Waals surface area contributed by atoms with E-state index in [4.69, 9.17) is 4.74 Å². The van der Waals surface area contributed by atoms with Gasteiger partial charge in [0, 0.05) is 71.1 Å². The highest BCUT2D eigenvalue weighted by Gasteiger charge is 2.38. The summed E-state index contributed by atoms with van der Waals surface area (Å²) in [5, 5.41) is 11.3. The van der Waals surface area contributed by atoms with Crippen LogP contribution in [-0.4, -0.2) is 96.8 Å². The van der Waals surface area contributed by atoms with Crippen LogP contribution in [-0.2, 0) is 11.3 Å². The van der Waals surface area contributed by atoms with E-state index in [0.29, 0.717) is 6.54 Å². The average molecular weight is 479 g/mol. The first-order chi connectivity index (χ1) is 17.1. The number of carbonyl (C=O) groups is 1. The number of likely N-dealkylation sites (tertiary alicyclic amines) is 2. The Bertz CT molecular complexity index is 956. The lowest BCUT2D eigenvalue weighted by molar-refractivity contribution is -0.132. The zero-order chi connectivity index (χ0) is 24.1. The Morgan fingerprint density at radius 2 is 1.57 bits per heavy atom. The minimum Gasteiger partial charge on any atom is -0.484 e. The molecule has 0 aliphatic carbocycles. The fourth-order valence-electron chi connectivity index (χ4n) is 5.58. The molecule has 0 aromatic heterocycles. The van der Waals surface area contributed by atoms with Gasteiger partial charge in [-0.2, -0.15) is 0 Å². The molecule has 3 aliphatic rings. The molecule has 3 fully saturated rings. The third kappa shape index (κ3) is 6.34. The van der Waals surface area contributed by atoms with E-state index in [0.717, 1.165) is 83.9 Å². The lowest BCUT2D eigenvalue weighted by Gasteiger charge is -2.39. The number of hydrogen-bond acceptors (Lipinski definition) is 6. The van der Waals surface area contributed by atoms with Crippen LogP contribution in [0.15, 0.2) is 54.6 Å². The van der Waals surface area contributed by atoms with E-state index >= 15 is 0 Å². The van der Waals surface area contributed by atoms with Crippen LogP contribution in [0.4, 0.5) is 5.69 Å². The van der Waals surface area contributed by atoms with Gasteiger partial charge in [-0.1, -0.05) is 30.3 Å². The minimum absolute atomic E-state index is 0.0735. The standard InChI is InChI=1S/C28H38N4O3/c33-27(32-13-4-5-14-32)21-35-26-10-8-24(9-11-26)20-30-15-12-28(34,23-30)22-29-16-18-31(19-17-29)25-6-2-1-3-7-25/h1-3,6-11,34H,4-5,12-23H2. The first kappa shape index (κ1) is 24.1. The Labute approximate surface area is 208 Å². The van der Waals surface area contributed by atoms with E-state index in [1.165, 1.54) is 11.3 Å². The van der Waals surface area contributed by atoms with Crippen LogP contribution in [0.25, 0.3) is 0 Å². The molecule has 35 heavy (non-hydrogen) atoms. The van der Waals surface area contributed by atoms with E-state index in [-0.39, 0.29) is 12.5 Å². The SMILES string of the molecule is O=C(COc1ccc(CN2CCC(O)(CN3CCN(c4ccccc4)CC3)C2)cc1)N1CCCC1. The molecule has 1 unspecified atom stereocenters. The molecule has 188 valence electrons. The first-order valence-electron chi connectivity index (χ1n) is 13.0. The largest absolute Gasteiger partial charge is 0.484 e. The Kier molecular flexibility index (Phi) is 7.56. The predicted molar refractivity (Wildman–Crippen MR) is 138 cm³/mol. The van der Waals surface area contributed by atoms with Gasteiger partial charge in [0.2, 0.25) is 0 Å². The number of anilines is 1. The molecule has 3 heterocycles. The van der Waals surface area contributed by atoms with E-state index < -0.39 is 5.60 Å². The second-order valence-electron chi connectivity index (χ2n) is 10.3. The Balaban J connectivity index is 1.05. The highest BCUT2D eigenvalue weighted by molar-refractivity contribution is 5.78. The summed E-state index contributed by atoms with van der Waals surface area (Å²) < 4.78 is 5.70. The molecule has 0 spiro atoms. The maximum absolute atomic E-state index is 12.2. The molecule has 1 atom stereocenters. The quantitative estimate of drug-likeness (QED) is 0.629. The summed E-state index contributed by atoms with van der Waals surface area (Å²) in [5.41, 5.74) is 1.84. The average Bonchev–Trinajstić information content (AvgIpc) is 3.55. The summed E-state index contributed by atoms with van der Waals surface area (Å²) in [5.74, 6) is 0.804. The molecule has 0 bridgehead atoms. The van der Waals surface area contributed by atoms with Crippen molar-refractivity contribution in [3.05, 3.63) is 60.2 Å². The zero-order valence-electron chi connectivity index (χ0n) is 20.6. The Morgan fingerprint density at radius 1 is 0.857 bits per heavy atom. The van der Waals surface area contributed by atoms with Crippen LogP contribution >= 0.6 is 0 Å². The van der Waals surface area contributed by atoms with E-state index in [1.807, 2.05) is 17.0 Å². The summed E-state index contributed by atoms with van der Waals surface area (Å²) in [7, 11) is 0. The first-order valence-corrected chi connectivity index (χ1v) is 13.0. The molecular weight excluding hydrogens is 440 g/mol. The summed E-state index contributed by atoms with van der Waals surface area (Å²) in [6, 6.07) is 18.6. The molecule has 0 radical (unpaired) electrons. The number of β-amino-alcohol motifs (C(OH)–C–C–N with tert-alkyl or cyclic N) is 1. The fraction of sp³-hybridized carbons (Fsp3) is 0.536. The van der Waals surface area contributed by atoms with Crippen molar-refractivity contribution < 1.29 is 14.6 Å². The van der Waals surface area contributed by atoms with Gasteiger partial charge in [0.25, 0.3) is 5.91 Å². The smallest absolute Gasteiger partial charge is 0.260 e. The molecule has 2 aromatic carbocycles. The normalized spacial score (nSPS) is 23.7. The van der Waals surface area contributed by atoms with Gasteiger partial charge in [-0.15, -0.1) is 0 Å². The van der Waals surface area contributed by atoms with Gasteiger partial charge in [0.15, 0.2) is 6.61 Å². The van der Waals surface area contributed by atoms with Crippen LogP contribution < -0.4 is 9.64 Å². The number of nitrogens with zero attached hydrogens (tertiary/aromatic N) is 4. The zero-order valence-corrected chi connectivity index (χ0v) is 20.6. The van der Waals surface area contributed by atoms with Crippen LogP contribution in [0.2, 0.25) is 0 Å². The van der Waals surface area contributed by atoms with Crippen molar-refractivity contribution in [3.63, 3.8) is 0 Å². The lowest BCUT2D eigenvalue weighted by Crippen LogP contribution is -2.52. The summed E-state index contributed by atoms with van der Waals surface area (Å²) in [4.78, 5) is 21.2. The molecule has 1 amide bonds. The molecule has 0 saturated carbocycles. The summed E-state index contributed by atoms with van der Waals surface area (Å²) in [6.45, 7) is 8.96. The number of hydrogen-bond donors (Lipinski definition) is 1. The third-order valence-corrected chi connectivity index (χ3v) is 7.57. The van der Waals surface area contributed by atoms with Crippen LogP contribution in [0.5, 0.6) is 5.75 Å². The van der Waals surface area contributed by atoms with Gasteiger partial charge in [-0.3, -0.25) is 14.6 Å². The number of rotatable bonds is 8. The van der Waals surface area contributed by atoms with Crippen LogP contribution in [0.1, 0.15) is 24.8 Å². The molecular formula is C28H38N4O3. The number of amides is 1. The molecule has 7 heteroatoms. The second kappa shape index (κ2) is 11.0. The van der Waals surface area contributed by atoms with E-state index in [2.05, 4.69) is 57.2 Å². The van der Waals surface area contributed by atoms with Crippen molar-refractivity contribution in [1.29, 1.82) is 0 Å². The Morgan fingerprint density at radius 3 is 2.29 bits per heavy atom. The number of piperazine rings is 1. The molecule has 3 saturated heterocycles. The highest BCUT2D eigenvalue weighted by Crippen LogP contribution is 2.26. The second-order valence-corrected chi connectivity index (χ2v) is 10.3. The number of benzene rings is 2. The van der Waals surface area contributed by atoms with Crippen molar-refractivity contribution in [2.24, 2.45) is 0 Å². The van der Waals surface area contributed by atoms with Crippen molar-refractivity contribution in [2.45, 2.75) is 31.4 Å². The number of para-hydroxylation sites is 1. The maximum Gasteiger partial charge on any atom is 0.260 e. The molecule has 2 aromatic rings. The monoisotopic (exact) mass is 478 g/mol. The highest BCUT2D eigenvalue weighted by atomic mass is 16.5. The minimum atomic E-state index is -0.645. The van der Waals surface area contributed by atoms with Gasteiger partial charge < -0.3 is 19.6 Å².